The van der Waals surface area contributed by atoms with Gasteiger partial charge in [0.25, 0.3) is 0 Å². The second-order valence-corrected chi connectivity index (χ2v) is 5.31. The van der Waals surface area contributed by atoms with E-state index in [0.29, 0.717) is 24.5 Å². The van der Waals surface area contributed by atoms with Gasteiger partial charge in [-0.2, -0.15) is 0 Å². The molecule has 0 fully saturated rings. The summed E-state index contributed by atoms with van der Waals surface area (Å²) in [5.41, 5.74) is 1.66. The number of ether oxygens (including phenoxy) is 1. The first-order valence-corrected chi connectivity index (χ1v) is 6.83. The predicted molar refractivity (Wildman–Crippen MR) is 76.2 cm³/mol. The summed E-state index contributed by atoms with van der Waals surface area (Å²) in [5.74, 6) is 0.349. The predicted octanol–water partition coefficient (Wildman–Crippen LogP) is 3.21. The van der Waals surface area contributed by atoms with Crippen molar-refractivity contribution < 1.29 is 13.5 Å². The Morgan fingerprint density at radius 1 is 1.35 bits per heavy atom. The standard InChI is InChI=1S/C15H21FN2O2/c1-9(2)15-18-13-6-11(5-12(16)14(13)20-15)8-17-7-10(3)19-4/h5-6,9-10,17H,7-8H2,1-4H3. The van der Waals surface area contributed by atoms with Crippen LogP contribution in [0.3, 0.4) is 0 Å². The van der Waals surface area contributed by atoms with E-state index in [1.807, 2.05) is 26.8 Å². The van der Waals surface area contributed by atoms with Crippen molar-refractivity contribution >= 4 is 11.1 Å². The van der Waals surface area contributed by atoms with Crippen molar-refractivity contribution in [3.8, 4) is 0 Å². The molecule has 1 aromatic carbocycles. The fraction of sp³-hybridized carbons (Fsp3) is 0.533. The van der Waals surface area contributed by atoms with Crippen molar-refractivity contribution in [2.75, 3.05) is 13.7 Å². The van der Waals surface area contributed by atoms with Crippen molar-refractivity contribution in [3.63, 3.8) is 0 Å². The molecule has 1 aromatic heterocycles. The third-order valence-corrected chi connectivity index (χ3v) is 3.18. The second kappa shape index (κ2) is 6.33. The van der Waals surface area contributed by atoms with Gasteiger partial charge in [-0.1, -0.05) is 13.8 Å². The monoisotopic (exact) mass is 280 g/mol. The van der Waals surface area contributed by atoms with Gasteiger partial charge in [-0.05, 0) is 24.6 Å². The molecule has 0 radical (unpaired) electrons. The summed E-state index contributed by atoms with van der Waals surface area (Å²) in [7, 11) is 1.67. The molecule has 0 spiro atoms. The molecule has 0 bridgehead atoms. The van der Waals surface area contributed by atoms with E-state index in [0.717, 1.165) is 5.56 Å². The molecule has 0 aliphatic heterocycles. The van der Waals surface area contributed by atoms with Gasteiger partial charge in [-0.25, -0.2) is 9.37 Å². The van der Waals surface area contributed by atoms with Crippen LogP contribution in [0.4, 0.5) is 4.39 Å². The van der Waals surface area contributed by atoms with E-state index >= 15 is 0 Å². The molecule has 20 heavy (non-hydrogen) atoms. The lowest BCUT2D eigenvalue weighted by atomic mass is 10.2. The van der Waals surface area contributed by atoms with Crippen LogP contribution in [0.15, 0.2) is 16.5 Å². The van der Waals surface area contributed by atoms with Crippen LogP contribution in [0.1, 0.15) is 38.1 Å². The van der Waals surface area contributed by atoms with Crippen molar-refractivity contribution in [3.05, 3.63) is 29.4 Å². The maximum Gasteiger partial charge on any atom is 0.198 e. The maximum absolute atomic E-state index is 14.0. The summed E-state index contributed by atoms with van der Waals surface area (Å²) in [6, 6.07) is 3.35. The number of hydrogen-bond acceptors (Lipinski definition) is 4. The minimum absolute atomic E-state index is 0.128. The number of nitrogens with zero attached hydrogens (tertiary/aromatic N) is 1. The molecule has 0 amide bonds. The Hall–Kier alpha value is -1.46. The molecule has 1 heterocycles. The number of halogens is 1. The van der Waals surface area contributed by atoms with Gasteiger partial charge < -0.3 is 14.5 Å². The van der Waals surface area contributed by atoms with E-state index in [1.165, 1.54) is 6.07 Å². The van der Waals surface area contributed by atoms with Crippen molar-refractivity contribution in [1.29, 1.82) is 0 Å². The Morgan fingerprint density at radius 2 is 2.10 bits per heavy atom. The molecule has 0 aliphatic rings. The van der Waals surface area contributed by atoms with Gasteiger partial charge in [-0.3, -0.25) is 0 Å². The fourth-order valence-electron chi connectivity index (χ4n) is 1.92. The van der Waals surface area contributed by atoms with Gasteiger partial charge in [0.2, 0.25) is 0 Å². The highest BCUT2D eigenvalue weighted by Crippen LogP contribution is 2.24. The van der Waals surface area contributed by atoms with Crippen molar-refractivity contribution in [2.45, 2.75) is 39.3 Å². The smallest absolute Gasteiger partial charge is 0.198 e. The molecule has 2 aromatic rings. The highest BCUT2D eigenvalue weighted by molar-refractivity contribution is 5.74. The van der Waals surface area contributed by atoms with Gasteiger partial charge >= 0.3 is 0 Å². The molecule has 0 saturated carbocycles. The van der Waals surface area contributed by atoms with Gasteiger partial charge in [0.05, 0.1) is 6.10 Å². The van der Waals surface area contributed by atoms with E-state index in [-0.39, 0.29) is 23.4 Å². The molecule has 5 heteroatoms. The number of oxazole rings is 1. The van der Waals surface area contributed by atoms with Crippen LogP contribution in [-0.4, -0.2) is 24.7 Å². The lowest BCUT2D eigenvalue weighted by Gasteiger charge is -2.10. The molecule has 1 atom stereocenters. The highest BCUT2D eigenvalue weighted by atomic mass is 19.1. The first-order valence-electron chi connectivity index (χ1n) is 6.83. The summed E-state index contributed by atoms with van der Waals surface area (Å²) < 4.78 is 24.6. The zero-order chi connectivity index (χ0) is 14.7. The van der Waals surface area contributed by atoms with Gasteiger partial charge in [0.1, 0.15) is 5.52 Å². The second-order valence-electron chi connectivity index (χ2n) is 5.31. The molecule has 1 unspecified atom stereocenters. The van der Waals surface area contributed by atoms with E-state index in [9.17, 15) is 4.39 Å². The average molecular weight is 280 g/mol. The zero-order valence-electron chi connectivity index (χ0n) is 12.4. The molecule has 110 valence electrons. The van der Waals surface area contributed by atoms with Crippen LogP contribution in [-0.2, 0) is 11.3 Å². The first kappa shape index (κ1) is 14.9. The number of hydrogen-bond donors (Lipinski definition) is 1. The Bertz CT molecular complexity index is 581. The third kappa shape index (κ3) is 3.35. The SMILES string of the molecule is COC(C)CNCc1cc(F)c2oc(C(C)C)nc2c1. The molecule has 0 aliphatic carbocycles. The van der Waals surface area contributed by atoms with Crippen LogP contribution < -0.4 is 5.32 Å². The lowest BCUT2D eigenvalue weighted by molar-refractivity contribution is 0.117. The minimum atomic E-state index is -0.363. The van der Waals surface area contributed by atoms with Gasteiger partial charge in [-0.15, -0.1) is 0 Å². The minimum Gasteiger partial charge on any atom is -0.437 e. The van der Waals surface area contributed by atoms with Crippen LogP contribution in [0.2, 0.25) is 0 Å². The molecule has 0 saturated heterocycles. The molecular weight excluding hydrogens is 259 g/mol. The summed E-state index contributed by atoms with van der Waals surface area (Å²) in [6.45, 7) is 7.20. The topological polar surface area (TPSA) is 47.3 Å². The largest absolute Gasteiger partial charge is 0.437 e. The number of nitrogens with one attached hydrogen (secondary N) is 1. The first-order chi connectivity index (χ1) is 9.51. The van der Waals surface area contributed by atoms with Gasteiger partial charge in [0, 0.05) is 26.1 Å². The molecule has 2 rings (SSSR count). The van der Waals surface area contributed by atoms with Crippen molar-refractivity contribution in [1.82, 2.24) is 10.3 Å². The normalized spacial score (nSPS) is 13.3. The number of aromatic nitrogens is 1. The lowest BCUT2D eigenvalue weighted by Crippen LogP contribution is -2.25. The van der Waals surface area contributed by atoms with Crippen LogP contribution in [0.25, 0.3) is 11.1 Å². The maximum atomic E-state index is 14.0. The number of rotatable bonds is 6. The quantitative estimate of drug-likeness (QED) is 0.882. The summed E-state index contributed by atoms with van der Waals surface area (Å²) in [5, 5.41) is 3.22. The Labute approximate surface area is 118 Å². The average Bonchev–Trinajstić information content (AvgIpc) is 2.83. The number of benzene rings is 1. The Kier molecular flexibility index (Phi) is 4.73. The van der Waals surface area contributed by atoms with Crippen molar-refractivity contribution in [2.24, 2.45) is 0 Å². The van der Waals surface area contributed by atoms with E-state index in [2.05, 4.69) is 10.3 Å². The number of fused-ring (bicyclic) bond motifs is 1. The van der Waals surface area contributed by atoms with E-state index in [1.54, 1.807) is 7.11 Å². The third-order valence-electron chi connectivity index (χ3n) is 3.18. The summed E-state index contributed by atoms with van der Waals surface area (Å²) in [4.78, 5) is 4.33. The molecule has 1 N–H and O–H groups in total. The van der Waals surface area contributed by atoms with E-state index < -0.39 is 0 Å². The van der Waals surface area contributed by atoms with Crippen LogP contribution >= 0.6 is 0 Å². The zero-order valence-corrected chi connectivity index (χ0v) is 12.4. The summed E-state index contributed by atoms with van der Waals surface area (Å²) >= 11 is 0. The Balaban J connectivity index is 2.15. The number of methoxy groups -OCH3 is 1. The van der Waals surface area contributed by atoms with Crippen LogP contribution in [0, 0.1) is 5.82 Å². The van der Waals surface area contributed by atoms with Crippen LogP contribution in [0.5, 0.6) is 0 Å². The molecular formula is C15H21FN2O2. The fourth-order valence-corrected chi connectivity index (χ4v) is 1.92. The van der Waals surface area contributed by atoms with E-state index in [4.69, 9.17) is 9.15 Å². The molecule has 4 nitrogen and oxygen atoms in total. The summed E-state index contributed by atoms with van der Waals surface area (Å²) in [6.07, 6.45) is 0.128. The Morgan fingerprint density at radius 3 is 2.75 bits per heavy atom. The highest BCUT2D eigenvalue weighted by Gasteiger charge is 2.14. The van der Waals surface area contributed by atoms with Gasteiger partial charge in [0.15, 0.2) is 17.3 Å².